The van der Waals surface area contributed by atoms with Gasteiger partial charge in [0.05, 0.1) is 25.7 Å². The molecule has 0 radical (unpaired) electrons. The molecule has 1 saturated heterocycles. The lowest BCUT2D eigenvalue weighted by Crippen LogP contribution is -2.48. The highest BCUT2D eigenvalue weighted by atomic mass is 16.5. The summed E-state index contributed by atoms with van der Waals surface area (Å²) in [6.07, 6.45) is 0.349. The molecule has 0 aliphatic carbocycles. The van der Waals surface area contributed by atoms with E-state index in [1.807, 2.05) is 54.6 Å². The Morgan fingerprint density at radius 2 is 1.89 bits per heavy atom. The van der Waals surface area contributed by atoms with Crippen molar-refractivity contribution in [2.24, 2.45) is 0 Å². The standard InChI is InChI=1S/C21H22N2O4/c1-26-19(24)17-11-21(15-9-5-6-10-16(15)23-20(21)25)18(22-17)13-27-12-14-7-3-2-4-8-14/h2-10,17-18,22H,11-13H2,1H3,(H,23,25)/t17-,18-,21-/m0/s1. The molecule has 1 spiro atoms. The van der Waals surface area contributed by atoms with Crippen molar-refractivity contribution in [3.63, 3.8) is 0 Å². The average molecular weight is 366 g/mol. The van der Waals surface area contributed by atoms with Crippen LogP contribution in [0.2, 0.25) is 0 Å². The maximum atomic E-state index is 13.0. The molecule has 140 valence electrons. The minimum atomic E-state index is -0.841. The minimum absolute atomic E-state index is 0.101. The van der Waals surface area contributed by atoms with E-state index in [0.717, 1.165) is 16.8 Å². The zero-order valence-corrected chi connectivity index (χ0v) is 15.1. The first-order chi connectivity index (χ1) is 13.1. The van der Waals surface area contributed by atoms with Crippen LogP contribution in [0.25, 0.3) is 0 Å². The highest BCUT2D eigenvalue weighted by molar-refractivity contribution is 6.07. The summed E-state index contributed by atoms with van der Waals surface area (Å²) in [5, 5.41) is 6.23. The number of nitrogens with one attached hydrogen (secondary N) is 2. The maximum absolute atomic E-state index is 13.0. The number of benzene rings is 2. The number of carbonyl (C=O) groups excluding carboxylic acids is 2. The number of fused-ring (bicyclic) bond motifs is 2. The molecule has 1 fully saturated rings. The smallest absolute Gasteiger partial charge is 0.322 e. The van der Waals surface area contributed by atoms with Crippen molar-refractivity contribution in [3.8, 4) is 0 Å². The summed E-state index contributed by atoms with van der Waals surface area (Å²) in [5.41, 5.74) is 1.92. The van der Waals surface area contributed by atoms with Gasteiger partial charge in [0, 0.05) is 11.7 Å². The van der Waals surface area contributed by atoms with Crippen LogP contribution in [0.1, 0.15) is 17.5 Å². The molecule has 2 aliphatic heterocycles. The Morgan fingerprint density at radius 3 is 2.67 bits per heavy atom. The van der Waals surface area contributed by atoms with Crippen molar-refractivity contribution in [3.05, 3.63) is 65.7 Å². The number of anilines is 1. The molecule has 0 saturated carbocycles. The van der Waals surface area contributed by atoms with Crippen molar-refractivity contribution in [2.75, 3.05) is 19.0 Å². The molecule has 1 amide bonds. The van der Waals surface area contributed by atoms with Gasteiger partial charge in [-0.15, -0.1) is 0 Å². The summed E-state index contributed by atoms with van der Waals surface area (Å²) < 4.78 is 10.8. The van der Waals surface area contributed by atoms with Crippen molar-refractivity contribution >= 4 is 17.6 Å². The minimum Gasteiger partial charge on any atom is -0.468 e. The van der Waals surface area contributed by atoms with E-state index in [1.54, 1.807) is 0 Å². The quantitative estimate of drug-likeness (QED) is 0.792. The molecule has 2 aromatic rings. The van der Waals surface area contributed by atoms with Gasteiger partial charge in [0.1, 0.15) is 6.04 Å². The number of esters is 1. The Hall–Kier alpha value is -2.70. The van der Waals surface area contributed by atoms with E-state index in [-0.39, 0.29) is 17.9 Å². The monoisotopic (exact) mass is 366 g/mol. The molecular formula is C21H22N2O4. The molecule has 2 heterocycles. The predicted molar refractivity (Wildman–Crippen MR) is 100 cm³/mol. The van der Waals surface area contributed by atoms with E-state index in [9.17, 15) is 9.59 Å². The lowest BCUT2D eigenvalue weighted by atomic mass is 9.74. The van der Waals surface area contributed by atoms with Crippen LogP contribution in [0.4, 0.5) is 5.69 Å². The number of hydrogen-bond acceptors (Lipinski definition) is 5. The van der Waals surface area contributed by atoms with Gasteiger partial charge in [0.15, 0.2) is 0 Å². The van der Waals surface area contributed by atoms with E-state index in [4.69, 9.17) is 9.47 Å². The number of carbonyl (C=O) groups is 2. The van der Waals surface area contributed by atoms with Crippen LogP contribution >= 0.6 is 0 Å². The summed E-state index contributed by atoms with van der Waals surface area (Å²) in [7, 11) is 1.36. The van der Waals surface area contributed by atoms with Crippen LogP contribution in [0.15, 0.2) is 54.6 Å². The second-order valence-corrected chi connectivity index (χ2v) is 6.97. The largest absolute Gasteiger partial charge is 0.468 e. The first-order valence-electron chi connectivity index (χ1n) is 9.01. The highest BCUT2D eigenvalue weighted by Crippen LogP contribution is 2.47. The normalized spacial score (nSPS) is 26.0. The number of ether oxygens (including phenoxy) is 2. The van der Waals surface area contributed by atoms with Gasteiger partial charge in [-0.3, -0.25) is 14.9 Å². The summed E-state index contributed by atoms with van der Waals surface area (Å²) in [5.74, 6) is -0.465. The first-order valence-corrected chi connectivity index (χ1v) is 9.01. The van der Waals surface area contributed by atoms with Gasteiger partial charge in [-0.1, -0.05) is 48.5 Å². The summed E-state index contributed by atoms with van der Waals surface area (Å²) in [4.78, 5) is 25.2. The van der Waals surface area contributed by atoms with Gasteiger partial charge in [-0.05, 0) is 23.6 Å². The van der Waals surface area contributed by atoms with E-state index >= 15 is 0 Å². The molecule has 4 rings (SSSR count). The third kappa shape index (κ3) is 3.01. The topological polar surface area (TPSA) is 76.7 Å². The Balaban J connectivity index is 1.59. The van der Waals surface area contributed by atoms with Crippen molar-refractivity contribution in [1.29, 1.82) is 0 Å². The number of methoxy groups -OCH3 is 1. The molecule has 3 atom stereocenters. The molecule has 6 heteroatoms. The third-order valence-corrected chi connectivity index (χ3v) is 5.47. The van der Waals surface area contributed by atoms with Gasteiger partial charge in [-0.2, -0.15) is 0 Å². The van der Waals surface area contributed by atoms with E-state index in [0.29, 0.717) is 19.6 Å². The van der Waals surface area contributed by atoms with Gasteiger partial charge >= 0.3 is 5.97 Å². The Morgan fingerprint density at radius 1 is 1.15 bits per heavy atom. The maximum Gasteiger partial charge on any atom is 0.322 e. The van der Waals surface area contributed by atoms with Gasteiger partial charge in [-0.25, -0.2) is 0 Å². The fraction of sp³-hybridized carbons (Fsp3) is 0.333. The van der Waals surface area contributed by atoms with Crippen LogP contribution in [0.3, 0.4) is 0 Å². The van der Waals surface area contributed by atoms with Crippen molar-refractivity contribution in [1.82, 2.24) is 5.32 Å². The van der Waals surface area contributed by atoms with Gasteiger partial charge in [0.25, 0.3) is 0 Å². The van der Waals surface area contributed by atoms with E-state index < -0.39 is 11.5 Å². The lowest BCUT2D eigenvalue weighted by Gasteiger charge is -2.28. The Bertz CT molecular complexity index is 854. The third-order valence-electron chi connectivity index (χ3n) is 5.47. The Kier molecular flexibility index (Phi) is 4.68. The average Bonchev–Trinajstić information content (AvgIpc) is 3.22. The number of hydrogen-bond donors (Lipinski definition) is 2. The summed E-state index contributed by atoms with van der Waals surface area (Å²) >= 11 is 0. The predicted octanol–water partition coefficient (Wildman–Crippen LogP) is 2.00. The highest BCUT2D eigenvalue weighted by Gasteiger charge is 2.59. The van der Waals surface area contributed by atoms with E-state index in [2.05, 4.69) is 10.6 Å². The molecular weight excluding hydrogens is 344 g/mol. The molecule has 2 aliphatic rings. The fourth-order valence-electron chi connectivity index (χ4n) is 4.15. The number of rotatable bonds is 5. The molecule has 2 aromatic carbocycles. The van der Waals surface area contributed by atoms with Crippen LogP contribution in [-0.4, -0.2) is 37.7 Å². The molecule has 6 nitrogen and oxygen atoms in total. The zero-order chi connectivity index (χ0) is 18.9. The summed E-state index contributed by atoms with van der Waals surface area (Å²) in [6, 6.07) is 16.6. The Labute approximate surface area is 157 Å². The van der Waals surface area contributed by atoms with E-state index in [1.165, 1.54) is 7.11 Å². The molecule has 0 unspecified atom stereocenters. The number of amides is 1. The zero-order valence-electron chi connectivity index (χ0n) is 15.1. The summed E-state index contributed by atoms with van der Waals surface area (Å²) in [6.45, 7) is 0.755. The number of para-hydroxylation sites is 1. The molecule has 27 heavy (non-hydrogen) atoms. The fourth-order valence-corrected chi connectivity index (χ4v) is 4.15. The second-order valence-electron chi connectivity index (χ2n) is 6.97. The van der Waals surface area contributed by atoms with Crippen LogP contribution in [0.5, 0.6) is 0 Å². The van der Waals surface area contributed by atoms with Crippen molar-refractivity contribution in [2.45, 2.75) is 30.5 Å². The van der Waals surface area contributed by atoms with Crippen LogP contribution in [0, 0.1) is 0 Å². The molecule has 0 aromatic heterocycles. The SMILES string of the molecule is COC(=O)[C@@H]1C[C@@]2(C(=O)Nc3ccccc32)[C@H](COCc2ccccc2)N1. The van der Waals surface area contributed by atoms with Crippen LogP contribution < -0.4 is 10.6 Å². The molecule has 2 N–H and O–H groups in total. The first kappa shape index (κ1) is 17.7. The lowest BCUT2D eigenvalue weighted by molar-refractivity contribution is -0.142. The van der Waals surface area contributed by atoms with Gasteiger partial charge < -0.3 is 14.8 Å². The van der Waals surface area contributed by atoms with Crippen LogP contribution in [-0.2, 0) is 31.1 Å². The van der Waals surface area contributed by atoms with Crippen molar-refractivity contribution < 1.29 is 19.1 Å². The second kappa shape index (κ2) is 7.13. The molecule has 0 bridgehead atoms. The van der Waals surface area contributed by atoms with Gasteiger partial charge in [0.2, 0.25) is 5.91 Å².